The van der Waals surface area contributed by atoms with Gasteiger partial charge in [-0.15, -0.1) is 10.2 Å². The Hall–Kier alpha value is -1.86. The van der Waals surface area contributed by atoms with Crippen LogP contribution >= 0.6 is 11.8 Å². The van der Waals surface area contributed by atoms with E-state index in [9.17, 15) is 4.79 Å². The van der Waals surface area contributed by atoms with E-state index in [0.29, 0.717) is 11.7 Å². The largest absolute Gasteiger partial charge is 0.376 e. The number of hydrogen-bond donors (Lipinski definition) is 1. The van der Waals surface area contributed by atoms with Gasteiger partial charge in [0.1, 0.15) is 5.82 Å². The number of hydrogen-bond acceptors (Lipinski definition) is 5. The minimum absolute atomic E-state index is 0.0134. The van der Waals surface area contributed by atoms with E-state index in [1.165, 1.54) is 24.6 Å². The van der Waals surface area contributed by atoms with Crippen LogP contribution in [0.5, 0.6) is 0 Å². The Morgan fingerprint density at radius 2 is 2.15 bits per heavy atom. The number of benzene rings is 1. The lowest BCUT2D eigenvalue weighted by Crippen LogP contribution is -2.19. The minimum atomic E-state index is -0.0134. The molecule has 144 valence electrons. The molecule has 6 nitrogen and oxygen atoms in total. The summed E-state index contributed by atoms with van der Waals surface area (Å²) >= 11 is 1.46. The molecule has 4 rings (SSSR count). The second kappa shape index (κ2) is 8.44. The molecule has 2 aliphatic rings. The maximum absolute atomic E-state index is 12.4. The first-order chi connectivity index (χ1) is 13.2. The third-order valence-electron chi connectivity index (χ3n) is 5.10. The van der Waals surface area contributed by atoms with Crippen molar-refractivity contribution in [3.05, 3.63) is 35.7 Å². The molecule has 1 atom stereocenters. The standard InChI is InChI=1S/C20H26N4O2S/c1-2-14-6-3-4-8-17(14)21-18(25)13-27-20-23-22-19(15-9-10-15)24(20)12-16-7-5-11-26-16/h3-4,6,8,15-16H,2,5,7,9-13H2,1H3,(H,21,25)/t16-/m1/s1. The van der Waals surface area contributed by atoms with Crippen LogP contribution in [0.1, 0.15) is 49.9 Å². The summed E-state index contributed by atoms with van der Waals surface area (Å²) in [6.45, 7) is 3.72. The van der Waals surface area contributed by atoms with Crippen LogP contribution in [0.4, 0.5) is 5.69 Å². The van der Waals surface area contributed by atoms with Crippen LogP contribution < -0.4 is 5.32 Å². The lowest BCUT2D eigenvalue weighted by Gasteiger charge is -2.14. The zero-order valence-electron chi connectivity index (χ0n) is 15.7. The van der Waals surface area contributed by atoms with E-state index in [1.807, 2.05) is 24.3 Å². The fraction of sp³-hybridized carbons (Fsp3) is 0.550. The number of amides is 1. The zero-order chi connectivity index (χ0) is 18.6. The number of rotatable bonds is 8. The summed E-state index contributed by atoms with van der Waals surface area (Å²) in [5.41, 5.74) is 2.04. The summed E-state index contributed by atoms with van der Waals surface area (Å²) in [7, 11) is 0. The van der Waals surface area contributed by atoms with Crippen molar-refractivity contribution in [1.29, 1.82) is 0 Å². The van der Waals surface area contributed by atoms with Crippen molar-refractivity contribution in [3.8, 4) is 0 Å². The fourth-order valence-electron chi connectivity index (χ4n) is 3.48. The summed E-state index contributed by atoms with van der Waals surface area (Å²) in [6, 6.07) is 7.94. The molecular weight excluding hydrogens is 360 g/mol. The average molecular weight is 387 g/mol. The topological polar surface area (TPSA) is 69.0 Å². The molecule has 1 aliphatic heterocycles. The summed E-state index contributed by atoms with van der Waals surface area (Å²) < 4.78 is 7.99. The van der Waals surface area contributed by atoms with Crippen molar-refractivity contribution in [2.24, 2.45) is 0 Å². The van der Waals surface area contributed by atoms with Crippen molar-refractivity contribution in [2.75, 3.05) is 17.7 Å². The van der Waals surface area contributed by atoms with Crippen molar-refractivity contribution in [2.45, 2.75) is 62.8 Å². The Labute approximate surface area is 164 Å². The highest BCUT2D eigenvalue weighted by Crippen LogP contribution is 2.40. The smallest absolute Gasteiger partial charge is 0.234 e. The van der Waals surface area contributed by atoms with Crippen molar-refractivity contribution in [3.63, 3.8) is 0 Å². The quantitative estimate of drug-likeness (QED) is 0.702. The molecule has 1 saturated carbocycles. The molecule has 1 aromatic carbocycles. The van der Waals surface area contributed by atoms with E-state index in [1.54, 1.807) is 0 Å². The third kappa shape index (κ3) is 4.52. The molecule has 1 aromatic heterocycles. The number of nitrogens with zero attached hydrogens (tertiary/aromatic N) is 3. The van der Waals surface area contributed by atoms with Gasteiger partial charge in [0.25, 0.3) is 0 Å². The highest BCUT2D eigenvalue weighted by Gasteiger charge is 2.32. The maximum Gasteiger partial charge on any atom is 0.234 e. The second-order valence-electron chi connectivity index (χ2n) is 7.21. The van der Waals surface area contributed by atoms with Gasteiger partial charge in [0, 0.05) is 18.2 Å². The van der Waals surface area contributed by atoms with Gasteiger partial charge in [-0.05, 0) is 43.7 Å². The number of anilines is 1. The summed E-state index contributed by atoms with van der Waals surface area (Å²) in [5.74, 6) is 1.90. The highest BCUT2D eigenvalue weighted by atomic mass is 32.2. The van der Waals surface area contributed by atoms with Crippen LogP contribution in [0.2, 0.25) is 0 Å². The minimum Gasteiger partial charge on any atom is -0.376 e. The van der Waals surface area contributed by atoms with Crippen LogP contribution in [0, 0.1) is 0 Å². The zero-order valence-corrected chi connectivity index (χ0v) is 16.5. The van der Waals surface area contributed by atoms with Gasteiger partial charge < -0.3 is 14.6 Å². The van der Waals surface area contributed by atoms with E-state index >= 15 is 0 Å². The lowest BCUT2D eigenvalue weighted by molar-refractivity contribution is -0.113. The Kier molecular flexibility index (Phi) is 5.78. The van der Waals surface area contributed by atoms with Crippen LogP contribution in [0.3, 0.4) is 0 Å². The van der Waals surface area contributed by atoms with Crippen LogP contribution in [-0.2, 0) is 22.5 Å². The first kappa shape index (κ1) is 18.5. The van der Waals surface area contributed by atoms with Crippen LogP contribution in [0.15, 0.2) is 29.4 Å². The Bertz CT molecular complexity index is 797. The SMILES string of the molecule is CCc1ccccc1NC(=O)CSc1nnc(C2CC2)n1C[C@H]1CCCO1. The van der Waals surface area contributed by atoms with Gasteiger partial charge in [0.2, 0.25) is 5.91 Å². The van der Waals surface area contributed by atoms with Crippen molar-refractivity contribution < 1.29 is 9.53 Å². The number of nitrogens with one attached hydrogen (secondary N) is 1. The van der Waals surface area contributed by atoms with E-state index in [4.69, 9.17) is 4.74 Å². The number of aryl methyl sites for hydroxylation is 1. The Morgan fingerprint density at radius 3 is 2.89 bits per heavy atom. The fourth-order valence-corrected chi connectivity index (χ4v) is 4.24. The molecule has 2 aromatic rings. The van der Waals surface area contributed by atoms with Crippen LogP contribution in [-0.4, -0.2) is 39.1 Å². The van der Waals surface area contributed by atoms with Crippen molar-refractivity contribution >= 4 is 23.4 Å². The molecule has 0 bridgehead atoms. The van der Waals surface area contributed by atoms with Gasteiger partial charge in [-0.25, -0.2) is 0 Å². The molecule has 7 heteroatoms. The summed E-state index contributed by atoms with van der Waals surface area (Å²) in [4.78, 5) is 12.4. The van der Waals surface area contributed by atoms with Gasteiger partial charge in [-0.2, -0.15) is 0 Å². The first-order valence-electron chi connectivity index (χ1n) is 9.80. The summed E-state index contributed by atoms with van der Waals surface area (Å²) in [5, 5.41) is 12.6. The van der Waals surface area contributed by atoms with E-state index in [0.717, 1.165) is 54.6 Å². The second-order valence-corrected chi connectivity index (χ2v) is 8.15. The molecule has 1 aliphatic carbocycles. The van der Waals surface area contributed by atoms with Crippen LogP contribution in [0.25, 0.3) is 0 Å². The van der Waals surface area contributed by atoms with Gasteiger partial charge in [-0.3, -0.25) is 4.79 Å². The molecule has 0 radical (unpaired) electrons. The van der Waals surface area contributed by atoms with Gasteiger partial charge in [0.05, 0.1) is 18.4 Å². The highest BCUT2D eigenvalue weighted by molar-refractivity contribution is 7.99. The molecule has 27 heavy (non-hydrogen) atoms. The monoisotopic (exact) mass is 386 g/mol. The molecule has 1 saturated heterocycles. The van der Waals surface area contributed by atoms with Gasteiger partial charge >= 0.3 is 0 Å². The third-order valence-corrected chi connectivity index (χ3v) is 6.07. The number of thioether (sulfide) groups is 1. The molecule has 2 heterocycles. The lowest BCUT2D eigenvalue weighted by atomic mass is 10.1. The molecule has 0 unspecified atom stereocenters. The predicted octanol–water partition coefficient (Wildman–Crippen LogP) is 3.63. The maximum atomic E-state index is 12.4. The van der Waals surface area contributed by atoms with Crippen molar-refractivity contribution in [1.82, 2.24) is 14.8 Å². The molecule has 1 amide bonds. The number of carbonyl (C=O) groups is 1. The Balaban J connectivity index is 1.40. The van der Waals surface area contributed by atoms with Gasteiger partial charge in [0.15, 0.2) is 5.16 Å². The molecular formula is C20H26N4O2S. The Morgan fingerprint density at radius 1 is 1.30 bits per heavy atom. The number of aromatic nitrogens is 3. The van der Waals surface area contributed by atoms with E-state index in [-0.39, 0.29) is 12.0 Å². The average Bonchev–Trinajstić information content (AvgIpc) is 3.24. The van der Waals surface area contributed by atoms with E-state index < -0.39 is 0 Å². The number of carbonyl (C=O) groups excluding carboxylic acids is 1. The molecule has 2 fully saturated rings. The predicted molar refractivity (Wildman–Crippen MR) is 106 cm³/mol. The molecule has 1 N–H and O–H groups in total. The molecule has 0 spiro atoms. The van der Waals surface area contributed by atoms with Gasteiger partial charge in [-0.1, -0.05) is 36.9 Å². The number of ether oxygens (including phenoxy) is 1. The summed E-state index contributed by atoms with van der Waals surface area (Å²) in [6.07, 6.45) is 5.70. The number of para-hydroxylation sites is 1. The van der Waals surface area contributed by atoms with E-state index in [2.05, 4.69) is 27.0 Å². The normalized spacial score (nSPS) is 19.4. The first-order valence-corrected chi connectivity index (χ1v) is 10.8.